The summed E-state index contributed by atoms with van der Waals surface area (Å²) in [7, 11) is 1.60. The molecule has 6 heteroatoms. The van der Waals surface area contributed by atoms with Gasteiger partial charge < -0.3 is 20.5 Å². The number of ether oxygens (including phenoxy) is 1. The van der Waals surface area contributed by atoms with Crippen molar-refractivity contribution < 1.29 is 14.6 Å². The van der Waals surface area contributed by atoms with Crippen LogP contribution in [-0.4, -0.2) is 31.2 Å². The quantitative estimate of drug-likeness (QED) is 0.762. The fourth-order valence-corrected chi connectivity index (χ4v) is 2.98. The van der Waals surface area contributed by atoms with Crippen molar-refractivity contribution in [2.75, 3.05) is 20.2 Å². The molecule has 2 atom stereocenters. The van der Waals surface area contributed by atoms with E-state index >= 15 is 0 Å². The molecule has 25 heavy (non-hydrogen) atoms. The Kier molecular flexibility index (Phi) is 6.82. The third-order valence-corrected chi connectivity index (χ3v) is 4.34. The number of fused-ring (bicyclic) bond motifs is 1. The zero-order valence-corrected chi connectivity index (χ0v) is 14.9. The van der Waals surface area contributed by atoms with Crippen LogP contribution in [0.1, 0.15) is 28.8 Å². The topological polar surface area (TPSA) is 70.6 Å². The van der Waals surface area contributed by atoms with Crippen molar-refractivity contribution >= 4 is 18.3 Å². The smallest absolute Gasteiger partial charge is 0.241 e. The summed E-state index contributed by atoms with van der Waals surface area (Å²) in [5, 5.41) is 16.3. The summed E-state index contributed by atoms with van der Waals surface area (Å²) < 4.78 is 5.10. The highest BCUT2D eigenvalue weighted by Gasteiger charge is 2.25. The lowest BCUT2D eigenvalue weighted by Crippen LogP contribution is -2.42. The Morgan fingerprint density at radius 1 is 1.28 bits per heavy atom. The molecule has 0 aliphatic carbocycles. The standard InChI is InChI=1S/C19H22N2O3.ClH/c1-24-15-8-6-14(7-9-15)17(22)12-21-19(23)18-16-5-3-2-4-13(16)10-11-20-18;/h2-9,17-18,20,22H,10-12H2,1H3,(H,21,23);1H. The average molecular weight is 363 g/mol. The van der Waals surface area contributed by atoms with Gasteiger partial charge in [0.05, 0.1) is 13.2 Å². The van der Waals surface area contributed by atoms with Gasteiger partial charge in [-0.1, -0.05) is 36.4 Å². The van der Waals surface area contributed by atoms with Gasteiger partial charge in [-0.05, 0) is 35.2 Å². The largest absolute Gasteiger partial charge is 0.497 e. The minimum absolute atomic E-state index is 0. The molecule has 134 valence electrons. The third kappa shape index (κ3) is 4.51. The first kappa shape index (κ1) is 19.2. The highest BCUT2D eigenvalue weighted by atomic mass is 35.5. The number of carbonyl (C=O) groups is 1. The van der Waals surface area contributed by atoms with Crippen LogP contribution in [0.2, 0.25) is 0 Å². The lowest BCUT2D eigenvalue weighted by Gasteiger charge is -2.26. The molecular weight excluding hydrogens is 340 g/mol. The molecule has 2 aromatic rings. The number of rotatable bonds is 5. The van der Waals surface area contributed by atoms with E-state index in [-0.39, 0.29) is 30.9 Å². The van der Waals surface area contributed by atoms with Gasteiger partial charge in [0.2, 0.25) is 5.91 Å². The normalized spacial score (nSPS) is 17.0. The van der Waals surface area contributed by atoms with Gasteiger partial charge in [0, 0.05) is 13.1 Å². The van der Waals surface area contributed by atoms with Crippen LogP contribution in [-0.2, 0) is 11.2 Å². The molecule has 1 heterocycles. The summed E-state index contributed by atoms with van der Waals surface area (Å²) in [6.45, 7) is 0.946. The number of aliphatic hydroxyl groups is 1. The van der Waals surface area contributed by atoms with Crippen LogP contribution in [0, 0.1) is 0 Å². The Labute approximate surface area is 153 Å². The summed E-state index contributed by atoms with van der Waals surface area (Å²) >= 11 is 0. The summed E-state index contributed by atoms with van der Waals surface area (Å²) in [5.74, 6) is 0.618. The number of carbonyl (C=O) groups excluding carboxylic acids is 1. The lowest BCUT2D eigenvalue weighted by molar-refractivity contribution is -0.123. The molecular formula is C19H23ClN2O3. The molecule has 5 nitrogen and oxygen atoms in total. The van der Waals surface area contributed by atoms with Gasteiger partial charge in [0.15, 0.2) is 0 Å². The van der Waals surface area contributed by atoms with E-state index in [0.29, 0.717) is 0 Å². The Morgan fingerprint density at radius 3 is 2.72 bits per heavy atom. The SMILES string of the molecule is COc1ccc(C(O)CNC(=O)C2NCCc3ccccc32)cc1.Cl. The maximum Gasteiger partial charge on any atom is 0.241 e. The van der Waals surface area contributed by atoms with Gasteiger partial charge in [-0.25, -0.2) is 0 Å². The minimum Gasteiger partial charge on any atom is -0.497 e. The van der Waals surface area contributed by atoms with Crippen LogP contribution < -0.4 is 15.4 Å². The van der Waals surface area contributed by atoms with Crippen molar-refractivity contribution in [3.8, 4) is 5.75 Å². The van der Waals surface area contributed by atoms with Crippen LogP contribution in [0.25, 0.3) is 0 Å². The van der Waals surface area contributed by atoms with Crippen LogP contribution in [0.3, 0.4) is 0 Å². The highest BCUT2D eigenvalue weighted by molar-refractivity contribution is 5.85. The van der Waals surface area contributed by atoms with Gasteiger partial charge in [-0.3, -0.25) is 4.79 Å². The van der Waals surface area contributed by atoms with Gasteiger partial charge in [-0.2, -0.15) is 0 Å². The minimum atomic E-state index is -0.751. The van der Waals surface area contributed by atoms with Crippen molar-refractivity contribution in [1.82, 2.24) is 10.6 Å². The zero-order valence-electron chi connectivity index (χ0n) is 14.1. The molecule has 1 aliphatic heterocycles. The molecule has 3 rings (SSSR count). The number of hydrogen-bond donors (Lipinski definition) is 3. The average Bonchev–Trinajstić information content (AvgIpc) is 2.65. The van der Waals surface area contributed by atoms with E-state index in [4.69, 9.17) is 4.74 Å². The number of benzene rings is 2. The number of nitrogens with one attached hydrogen (secondary N) is 2. The van der Waals surface area contributed by atoms with Crippen LogP contribution in [0.4, 0.5) is 0 Å². The Bertz CT molecular complexity index is 706. The van der Waals surface area contributed by atoms with E-state index in [2.05, 4.69) is 16.7 Å². The summed E-state index contributed by atoms with van der Waals surface area (Å²) in [5.41, 5.74) is 2.96. The fraction of sp³-hybridized carbons (Fsp3) is 0.316. The number of hydrogen-bond acceptors (Lipinski definition) is 4. The summed E-state index contributed by atoms with van der Waals surface area (Å²) in [6.07, 6.45) is 0.174. The van der Waals surface area contributed by atoms with Crippen molar-refractivity contribution in [2.45, 2.75) is 18.6 Å². The number of aliphatic hydroxyl groups excluding tert-OH is 1. The Morgan fingerprint density at radius 2 is 2.00 bits per heavy atom. The lowest BCUT2D eigenvalue weighted by atomic mass is 9.94. The van der Waals surface area contributed by atoms with Crippen molar-refractivity contribution in [3.63, 3.8) is 0 Å². The molecule has 1 amide bonds. The molecule has 0 radical (unpaired) electrons. The van der Waals surface area contributed by atoms with E-state index in [0.717, 1.165) is 29.8 Å². The molecule has 3 N–H and O–H groups in total. The van der Waals surface area contributed by atoms with E-state index < -0.39 is 6.10 Å². The highest BCUT2D eigenvalue weighted by Crippen LogP contribution is 2.23. The fourth-order valence-electron chi connectivity index (χ4n) is 2.98. The Hall–Kier alpha value is -2.08. The molecule has 0 fully saturated rings. The first-order valence-corrected chi connectivity index (χ1v) is 8.10. The van der Waals surface area contributed by atoms with Crippen LogP contribution in [0.15, 0.2) is 48.5 Å². The number of amides is 1. The molecule has 0 saturated carbocycles. The second-order valence-electron chi connectivity index (χ2n) is 5.87. The number of halogens is 1. The van der Waals surface area contributed by atoms with Gasteiger partial charge in [-0.15, -0.1) is 12.4 Å². The number of methoxy groups -OCH3 is 1. The molecule has 1 aliphatic rings. The van der Waals surface area contributed by atoms with Gasteiger partial charge in [0.25, 0.3) is 0 Å². The third-order valence-electron chi connectivity index (χ3n) is 4.34. The summed E-state index contributed by atoms with van der Waals surface area (Å²) in [4.78, 5) is 12.5. The van der Waals surface area contributed by atoms with Crippen molar-refractivity contribution in [2.24, 2.45) is 0 Å². The van der Waals surface area contributed by atoms with Gasteiger partial charge in [0.1, 0.15) is 11.8 Å². The van der Waals surface area contributed by atoms with E-state index in [9.17, 15) is 9.90 Å². The van der Waals surface area contributed by atoms with Crippen molar-refractivity contribution in [1.29, 1.82) is 0 Å². The summed E-state index contributed by atoms with van der Waals surface area (Å²) in [6, 6.07) is 14.8. The monoisotopic (exact) mass is 362 g/mol. The molecule has 0 saturated heterocycles. The second-order valence-corrected chi connectivity index (χ2v) is 5.87. The second kappa shape index (κ2) is 8.85. The Balaban J connectivity index is 0.00000225. The molecule has 2 aromatic carbocycles. The molecule has 0 aromatic heterocycles. The van der Waals surface area contributed by atoms with Crippen molar-refractivity contribution in [3.05, 3.63) is 65.2 Å². The van der Waals surface area contributed by atoms with Crippen LogP contribution >= 0.6 is 12.4 Å². The van der Waals surface area contributed by atoms with E-state index in [1.165, 1.54) is 5.56 Å². The predicted octanol–water partition coefficient (Wildman–Crippen LogP) is 2.15. The van der Waals surface area contributed by atoms with Crippen LogP contribution in [0.5, 0.6) is 5.75 Å². The maximum absolute atomic E-state index is 12.5. The van der Waals surface area contributed by atoms with E-state index in [1.807, 2.05) is 18.2 Å². The first-order chi connectivity index (χ1) is 11.7. The predicted molar refractivity (Wildman–Crippen MR) is 99.1 cm³/mol. The molecule has 0 bridgehead atoms. The first-order valence-electron chi connectivity index (χ1n) is 8.10. The maximum atomic E-state index is 12.5. The zero-order chi connectivity index (χ0) is 16.9. The van der Waals surface area contributed by atoms with Gasteiger partial charge >= 0.3 is 0 Å². The molecule has 0 spiro atoms. The molecule has 2 unspecified atom stereocenters. The van der Waals surface area contributed by atoms with E-state index in [1.54, 1.807) is 31.4 Å².